The van der Waals surface area contributed by atoms with Crippen LogP contribution in [0.3, 0.4) is 0 Å². The number of hydrazone groups is 2. The second kappa shape index (κ2) is 10.4. The molecule has 0 saturated carbocycles. The molecular weight excluding hydrogens is 564 g/mol. The Kier molecular flexibility index (Phi) is 6.47. The molecular formula is C33H27ClN6O3. The van der Waals surface area contributed by atoms with Crippen molar-refractivity contribution < 1.29 is 9.72 Å². The molecule has 3 aliphatic rings. The van der Waals surface area contributed by atoms with E-state index in [0.29, 0.717) is 12.8 Å². The highest BCUT2D eigenvalue weighted by molar-refractivity contribution is 6.39. The number of para-hydroxylation sites is 2. The molecule has 1 fully saturated rings. The molecule has 1 spiro atoms. The van der Waals surface area contributed by atoms with Crippen LogP contribution in [0.2, 0.25) is 0 Å². The third kappa shape index (κ3) is 4.35. The monoisotopic (exact) mass is 590 g/mol. The summed E-state index contributed by atoms with van der Waals surface area (Å²) in [7, 11) is 0. The maximum absolute atomic E-state index is 13.3. The molecule has 3 heterocycles. The first-order valence-corrected chi connectivity index (χ1v) is 14.4. The van der Waals surface area contributed by atoms with Gasteiger partial charge in [0.1, 0.15) is 0 Å². The molecule has 43 heavy (non-hydrogen) atoms. The van der Waals surface area contributed by atoms with Crippen molar-refractivity contribution in [1.29, 1.82) is 0 Å². The van der Waals surface area contributed by atoms with Gasteiger partial charge in [-0.05, 0) is 54.4 Å². The van der Waals surface area contributed by atoms with Crippen molar-refractivity contribution in [1.82, 2.24) is 0 Å². The van der Waals surface area contributed by atoms with Gasteiger partial charge in [0.25, 0.3) is 11.6 Å². The second-order valence-corrected chi connectivity index (χ2v) is 11.4. The largest absolute Gasteiger partial charge is 0.283 e. The summed E-state index contributed by atoms with van der Waals surface area (Å²) < 4.78 is 0. The van der Waals surface area contributed by atoms with Crippen molar-refractivity contribution in [3.8, 4) is 0 Å². The lowest BCUT2D eigenvalue weighted by Gasteiger charge is -2.56. The summed E-state index contributed by atoms with van der Waals surface area (Å²) in [5, 5.41) is 24.1. The van der Waals surface area contributed by atoms with Crippen molar-refractivity contribution in [2.24, 2.45) is 10.2 Å². The van der Waals surface area contributed by atoms with Gasteiger partial charge in [0.2, 0.25) is 0 Å². The van der Waals surface area contributed by atoms with E-state index in [9.17, 15) is 14.9 Å². The van der Waals surface area contributed by atoms with Crippen molar-refractivity contribution in [3.63, 3.8) is 0 Å². The van der Waals surface area contributed by atoms with E-state index in [4.69, 9.17) is 21.8 Å². The Morgan fingerprint density at radius 3 is 2.09 bits per heavy atom. The molecule has 0 radical (unpaired) electrons. The van der Waals surface area contributed by atoms with Gasteiger partial charge in [-0.15, -0.1) is 11.6 Å². The smallest absolute Gasteiger partial charge is 0.269 e. The molecule has 7 rings (SSSR count). The van der Waals surface area contributed by atoms with E-state index in [-0.39, 0.29) is 17.6 Å². The summed E-state index contributed by atoms with van der Waals surface area (Å²) in [5.41, 5.74) is 5.42. The van der Waals surface area contributed by atoms with Crippen molar-refractivity contribution in [2.45, 2.75) is 36.8 Å². The normalized spacial score (nSPS) is 22.9. The molecule has 4 aromatic rings. The van der Waals surface area contributed by atoms with Crippen LogP contribution in [0.5, 0.6) is 0 Å². The quantitative estimate of drug-likeness (QED) is 0.105. The van der Waals surface area contributed by atoms with Gasteiger partial charge in [-0.3, -0.25) is 24.8 Å². The topological polar surface area (TPSA) is 94.7 Å². The van der Waals surface area contributed by atoms with Crippen molar-refractivity contribution >= 4 is 51.7 Å². The van der Waals surface area contributed by atoms with Gasteiger partial charge in [0.15, 0.2) is 11.0 Å². The molecule has 3 aliphatic heterocycles. The number of carbonyl (C=O) groups is 1. The van der Waals surface area contributed by atoms with Gasteiger partial charge >= 0.3 is 0 Å². The van der Waals surface area contributed by atoms with E-state index in [0.717, 1.165) is 39.6 Å². The van der Waals surface area contributed by atoms with E-state index >= 15 is 0 Å². The number of hydrogen-bond donors (Lipinski definition) is 0. The molecule has 1 saturated heterocycles. The number of β-lactam (4-membered cyclic amide) rings is 1. The van der Waals surface area contributed by atoms with Crippen LogP contribution in [0, 0.1) is 10.1 Å². The number of non-ortho nitro benzene ring substituents is 1. The number of nitrogens with zero attached hydrogens (tertiary/aromatic N) is 6. The summed E-state index contributed by atoms with van der Waals surface area (Å²) in [6, 6.07) is 34.0. The van der Waals surface area contributed by atoms with E-state index in [1.165, 1.54) is 12.1 Å². The molecule has 0 bridgehead atoms. The predicted octanol–water partition coefficient (Wildman–Crippen LogP) is 6.89. The molecule has 0 aliphatic carbocycles. The second-order valence-electron chi connectivity index (χ2n) is 10.9. The zero-order valence-corrected chi connectivity index (χ0v) is 24.0. The van der Waals surface area contributed by atoms with Gasteiger partial charge < -0.3 is 0 Å². The molecule has 10 heteroatoms. The summed E-state index contributed by atoms with van der Waals surface area (Å²) in [4.78, 5) is 25.8. The Morgan fingerprint density at radius 1 is 0.837 bits per heavy atom. The van der Waals surface area contributed by atoms with Crippen LogP contribution >= 0.6 is 11.6 Å². The lowest BCUT2D eigenvalue weighted by Crippen LogP contribution is -2.78. The predicted molar refractivity (Wildman–Crippen MR) is 169 cm³/mol. The summed E-state index contributed by atoms with van der Waals surface area (Å²) in [5.74, 6) is -0.160. The average molecular weight is 591 g/mol. The van der Waals surface area contributed by atoms with Gasteiger partial charge in [0.05, 0.1) is 28.1 Å². The molecule has 1 amide bonds. The van der Waals surface area contributed by atoms with Crippen LogP contribution in [0.25, 0.3) is 0 Å². The van der Waals surface area contributed by atoms with E-state index in [1.807, 2.05) is 102 Å². The number of carbonyl (C=O) groups excluding carboxylic acids is 1. The van der Waals surface area contributed by atoms with Crippen LogP contribution < -0.4 is 14.9 Å². The minimum Gasteiger partial charge on any atom is -0.283 e. The van der Waals surface area contributed by atoms with Gasteiger partial charge in [-0.2, -0.15) is 10.2 Å². The molecule has 9 nitrogen and oxygen atoms in total. The lowest BCUT2D eigenvalue weighted by molar-refractivity contribution is -0.384. The SMILES string of the molecule is CC1=NN(c2ccccc2)C2(C1)C(Cl)C(=O)N2c1ccc(C2=NN(c3ccccc3)C(c3ccc([N+](=O)[O-])cc3)C2)cc1. The van der Waals surface area contributed by atoms with Gasteiger partial charge in [-0.1, -0.05) is 60.7 Å². The lowest BCUT2D eigenvalue weighted by atomic mass is 9.86. The molecule has 214 valence electrons. The first kappa shape index (κ1) is 26.9. The van der Waals surface area contributed by atoms with E-state index in [2.05, 4.69) is 0 Å². The third-order valence-electron chi connectivity index (χ3n) is 8.26. The number of hydrogen-bond acceptors (Lipinski definition) is 7. The maximum Gasteiger partial charge on any atom is 0.269 e. The molecule has 3 atom stereocenters. The highest BCUT2D eigenvalue weighted by Crippen LogP contribution is 2.50. The first-order valence-electron chi connectivity index (χ1n) is 14.0. The number of alkyl halides is 1. The Balaban J connectivity index is 1.20. The Bertz CT molecular complexity index is 1760. The van der Waals surface area contributed by atoms with Crippen LogP contribution in [0.1, 0.15) is 36.9 Å². The van der Waals surface area contributed by atoms with Crippen molar-refractivity contribution in [3.05, 3.63) is 130 Å². The maximum atomic E-state index is 13.3. The summed E-state index contributed by atoms with van der Waals surface area (Å²) in [6.07, 6.45) is 1.15. The van der Waals surface area contributed by atoms with Gasteiger partial charge in [-0.25, -0.2) is 5.01 Å². The Hall–Kier alpha value is -5.02. The highest BCUT2D eigenvalue weighted by Gasteiger charge is 2.66. The van der Waals surface area contributed by atoms with Crippen LogP contribution in [-0.4, -0.2) is 33.3 Å². The Labute approximate surface area is 253 Å². The fourth-order valence-corrected chi connectivity index (χ4v) is 6.61. The number of nitro groups is 1. The van der Waals surface area contributed by atoms with Crippen molar-refractivity contribution in [2.75, 3.05) is 14.9 Å². The van der Waals surface area contributed by atoms with Crippen LogP contribution in [0.4, 0.5) is 22.7 Å². The molecule has 4 aromatic carbocycles. The highest BCUT2D eigenvalue weighted by atomic mass is 35.5. The number of halogens is 1. The molecule has 3 unspecified atom stereocenters. The summed E-state index contributed by atoms with van der Waals surface area (Å²) >= 11 is 6.76. The zero-order chi connectivity index (χ0) is 29.7. The fraction of sp³-hybridized carbons (Fsp3) is 0.182. The van der Waals surface area contributed by atoms with Crippen LogP contribution in [-0.2, 0) is 4.79 Å². The minimum atomic E-state index is -0.818. The number of amides is 1. The third-order valence-corrected chi connectivity index (χ3v) is 8.80. The summed E-state index contributed by atoms with van der Waals surface area (Å²) in [6.45, 7) is 1.95. The van der Waals surface area contributed by atoms with E-state index < -0.39 is 16.0 Å². The Morgan fingerprint density at radius 2 is 1.47 bits per heavy atom. The zero-order valence-electron chi connectivity index (χ0n) is 23.2. The number of nitro benzene ring substituents is 1. The standard InChI is InChI=1S/C33H27ClN6O3/c1-22-21-33(39(35-22)27-10-6-3-7-11-27)31(34)32(41)37(33)25-16-12-23(13-17-25)29-20-30(24-14-18-28(19-15-24)40(42)43)38(36-29)26-8-4-2-5-9-26/h2-19,30-31H,20-21H2,1H3. The number of rotatable bonds is 6. The number of benzene rings is 4. The van der Waals surface area contributed by atoms with Gasteiger partial charge in [0, 0.05) is 36.4 Å². The fourth-order valence-electron chi connectivity index (χ4n) is 6.25. The molecule has 0 N–H and O–H groups in total. The van der Waals surface area contributed by atoms with E-state index in [1.54, 1.807) is 17.0 Å². The first-order chi connectivity index (χ1) is 20.9. The van der Waals surface area contributed by atoms with Crippen LogP contribution in [0.15, 0.2) is 119 Å². The average Bonchev–Trinajstić information content (AvgIpc) is 3.65. The molecule has 0 aromatic heterocycles. The minimum absolute atomic E-state index is 0.0518. The number of anilines is 3.